The number of anilines is 2. The summed E-state index contributed by atoms with van der Waals surface area (Å²) in [6.45, 7) is 0.670. The second-order valence-electron chi connectivity index (χ2n) is 3.54. The van der Waals surface area contributed by atoms with Gasteiger partial charge in [0.2, 0.25) is 0 Å². The molecule has 6 heteroatoms. The average Bonchev–Trinajstić information content (AvgIpc) is 2.79. The van der Waals surface area contributed by atoms with E-state index in [1.165, 1.54) is 11.5 Å². The van der Waals surface area contributed by atoms with Crippen molar-refractivity contribution in [3.8, 4) is 0 Å². The topological polar surface area (TPSA) is 53.9 Å². The van der Waals surface area contributed by atoms with Gasteiger partial charge in [0.15, 0.2) is 0 Å². The lowest BCUT2D eigenvalue weighted by molar-refractivity contribution is 0.992. The van der Waals surface area contributed by atoms with Crippen molar-refractivity contribution in [2.75, 3.05) is 24.3 Å². The van der Waals surface area contributed by atoms with Crippen LogP contribution < -0.4 is 10.2 Å². The van der Waals surface area contributed by atoms with Crippen molar-refractivity contribution < 1.29 is 0 Å². The first kappa shape index (κ1) is 10.8. The Hall–Kier alpha value is -1.69. The lowest BCUT2D eigenvalue weighted by Gasteiger charge is -2.17. The fourth-order valence-electron chi connectivity index (χ4n) is 1.36. The molecule has 0 saturated carbocycles. The van der Waals surface area contributed by atoms with Crippen molar-refractivity contribution in [2.45, 2.75) is 6.54 Å². The Morgan fingerprint density at radius 1 is 1.44 bits per heavy atom. The molecule has 0 atom stereocenters. The number of hydrogen-bond donors (Lipinski definition) is 1. The third-order valence-corrected chi connectivity index (χ3v) is 2.70. The maximum absolute atomic E-state index is 4.11. The number of nitrogens with one attached hydrogen (secondary N) is 1. The Morgan fingerprint density at radius 2 is 2.31 bits per heavy atom. The van der Waals surface area contributed by atoms with Gasteiger partial charge in [0.1, 0.15) is 0 Å². The lowest BCUT2D eigenvalue weighted by Crippen LogP contribution is -2.12. The highest BCUT2D eigenvalue weighted by molar-refractivity contribution is 7.03. The average molecular weight is 235 g/mol. The molecule has 1 N–H and O–H groups in total. The third-order valence-electron chi connectivity index (χ3n) is 2.14. The molecule has 16 heavy (non-hydrogen) atoms. The van der Waals surface area contributed by atoms with Crippen LogP contribution in [0.25, 0.3) is 0 Å². The number of aromatic nitrogens is 3. The summed E-state index contributed by atoms with van der Waals surface area (Å²) >= 11 is 1.36. The van der Waals surface area contributed by atoms with Crippen LogP contribution in [0.5, 0.6) is 0 Å². The molecule has 0 aromatic carbocycles. The zero-order chi connectivity index (χ0) is 11.4. The summed E-state index contributed by atoms with van der Waals surface area (Å²) in [6.07, 6.45) is 3.60. The summed E-state index contributed by atoms with van der Waals surface area (Å²) in [5.74, 6) is 0. The van der Waals surface area contributed by atoms with E-state index in [1.807, 2.05) is 36.6 Å². The van der Waals surface area contributed by atoms with Crippen LogP contribution in [0.1, 0.15) is 5.69 Å². The fraction of sp³-hybridized carbons (Fsp3) is 0.300. The Kier molecular flexibility index (Phi) is 3.31. The van der Waals surface area contributed by atoms with Gasteiger partial charge in [-0.05, 0) is 17.6 Å². The van der Waals surface area contributed by atoms with Crippen molar-refractivity contribution in [1.82, 2.24) is 14.6 Å². The third kappa shape index (κ3) is 2.46. The van der Waals surface area contributed by atoms with Crippen molar-refractivity contribution in [3.63, 3.8) is 0 Å². The van der Waals surface area contributed by atoms with Crippen LogP contribution in [-0.2, 0) is 6.54 Å². The molecule has 0 unspecified atom stereocenters. The van der Waals surface area contributed by atoms with Crippen molar-refractivity contribution in [1.29, 1.82) is 0 Å². The molecule has 0 fully saturated rings. The van der Waals surface area contributed by atoms with Gasteiger partial charge < -0.3 is 10.2 Å². The molecule has 84 valence electrons. The lowest BCUT2D eigenvalue weighted by atomic mass is 10.3. The summed E-state index contributed by atoms with van der Waals surface area (Å²) in [5, 5.41) is 9.20. The molecule has 0 spiro atoms. The van der Waals surface area contributed by atoms with E-state index in [-0.39, 0.29) is 0 Å². The maximum Gasteiger partial charge on any atom is 0.0946 e. The SMILES string of the molecule is CN(C)c1ccncc1NCc1csnn1. The normalized spacial score (nSPS) is 10.1. The molecule has 2 aromatic heterocycles. The van der Waals surface area contributed by atoms with E-state index in [0.717, 1.165) is 17.1 Å². The van der Waals surface area contributed by atoms with Gasteiger partial charge in [-0.15, -0.1) is 5.10 Å². The van der Waals surface area contributed by atoms with Gasteiger partial charge in [0, 0.05) is 25.7 Å². The second kappa shape index (κ2) is 4.89. The summed E-state index contributed by atoms with van der Waals surface area (Å²) in [6, 6.07) is 1.97. The van der Waals surface area contributed by atoms with Crippen LogP contribution >= 0.6 is 11.5 Å². The summed E-state index contributed by atoms with van der Waals surface area (Å²) in [5.41, 5.74) is 3.05. The Balaban J connectivity index is 2.09. The van der Waals surface area contributed by atoms with E-state index >= 15 is 0 Å². The zero-order valence-corrected chi connectivity index (χ0v) is 10.0. The first-order chi connectivity index (χ1) is 7.77. The van der Waals surface area contributed by atoms with E-state index < -0.39 is 0 Å². The summed E-state index contributed by atoms with van der Waals surface area (Å²) < 4.78 is 3.82. The monoisotopic (exact) mass is 235 g/mol. The Bertz CT molecular complexity index is 440. The highest BCUT2D eigenvalue weighted by Gasteiger charge is 2.04. The molecule has 0 aliphatic rings. The largest absolute Gasteiger partial charge is 0.376 e. The number of pyridine rings is 1. The maximum atomic E-state index is 4.11. The standard InChI is InChI=1S/C10H13N5S/c1-15(2)10-3-4-11-6-9(10)12-5-8-7-16-14-13-8/h3-4,6-7,12H,5H2,1-2H3. The molecule has 0 bridgehead atoms. The van der Waals surface area contributed by atoms with Gasteiger partial charge in [0.25, 0.3) is 0 Å². The highest BCUT2D eigenvalue weighted by atomic mass is 32.1. The minimum Gasteiger partial charge on any atom is -0.376 e. The van der Waals surface area contributed by atoms with Crippen LogP contribution in [0.4, 0.5) is 11.4 Å². The minimum absolute atomic E-state index is 0.670. The molecule has 5 nitrogen and oxygen atoms in total. The second-order valence-corrected chi connectivity index (χ2v) is 4.15. The molecular weight excluding hydrogens is 222 g/mol. The zero-order valence-electron chi connectivity index (χ0n) is 9.21. The smallest absolute Gasteiger partial charge is 0.0946 e. The fourth-order valence-corrected chi connectivity index (χ4v) is 1.81. The van der Waals surface area contributed by atoms with Gasteiger partial charge in [-0.3, -0.25) is 4.98 Å². The molecule has 0 aliphatic heterocycles. The number of hydrogen-bond acceptors (Lipinski definition) is 6. The van der Waals surface area contributed by atoms with Crippen LogP contribution in [0.15, 0.2) is 23.8 Å². The van der Waals surface area contributed by atoms with Gasteiger partial charge in [0.05, 0.1) is 29.8 Å². The van der Waals surface area contributed by atoms with Gasteiger partial charge in [-0.1, -0.05) is 4.49 Å². The van der Waals surface area contributed by atoms with Gasteiger partial charge in [-0.2, -0.15) is 0 Å². The molecule has 2 aromatic rings. The highest BCUT2D eigenvalue weighted by Crippen LogP contribution is 2.22. The predicted octanol–water partition coefficient (Wildman–Crippen LogP) is 1.61. The van der Waals surface area contributed by atoms with Crippen LogP contribution in [0, 0.1) is 0 Å². The molecule has 2 heterocycles. The van der Waals surface area contributed by atoms with E-state index in [9.17, 15) is 0 Å². The number of rotatable bonds is 4. The molecule has 2 rings (SSSR count). The van der Waals surface area contributed by atoms with E-state index in [0.29, 0.717) is 6.54 Å². The summed E-state index contributed by atoms with van der Waals surface area (Å²) in [7, 11) is 4.01. The molecule has 0 amide bonds. The quantitative estimate of drug-likeness (QED) is 0.872. The Labute approximate surface area is 98.3 Å². The minimum atomic E-state index is 0.670. The van der Waals surface area contributed by atoms with Crippen LogP contribution in [0.3, 0.4) is 0 Å². The van der Waals surface area contributed by atoms with Crippen molar-refractivity contribution >= 4 is 22.9 Å². The van der Waals surface area contributed by atoms with Crippen LogP contribution in [-0.4, -0.2) is 28.7 Å². The van der Waals surface area contributed by atoms with Crippen molar-refractivity contribution in [3.05, 3.63) is 29.5 Å². The van der Waals surface area contributed by atoms with Crippen molar-refractivity contribution in [2.24, 2.45) is 0 Å². The van der Waals surface area contributed by atoms with E-state index in [1.54, 1.807) is 6.20 Å². The molecular formula is C10H13N5S. The van der Waals surface area contributed by atoms with E-state index in [2.05, 4.69) is 19.9 Å². The van der Waals surface area contributed by atoms with E-state index in [4.69, 9.17) is 0 Å². The summed E-state index contributed by atoms with van der Waals surface area (Å²) in [4.78, 5) is 6.15. The van der Waals surface area contributed by atoms with Crippen LogP contribution in [0.2, 0.25) is 0 Å². The molecule has 0 radical (unpaired) electrons. The predicted molar refractivity (Wildman–Crippen MR) is 65.8 cm³/mol. The first-order valence-corrected chi connectivity index (χ1v) is 5.72. The molecule has 0 saturated heterocycles. The van der Waals surface area contributed by atoms with Gasteiger partial charge in [-0.25, -0.2) is 0 Å². The number of nitrogens with zero attached hydrogens (tertiary/aromatic N) is 4. The molecule has 0 aliphatic carbocycles. The van der Waals surface area contributed by atoms with Gasteiger partial charge >= 0.3 is 0 Å². The Morgan fingerprint density at radius 3 is 3.00 bits per heavy atom. The first-order valence-electron chi connectivity index (χ1n) is 4.88.